The fourth-order valence-corrected chi connectivity index (χ4v) is 3.26. The van der Waals surface area contributed by atoms with E-state index in [1.54, 1.807) is 24.3 Å². The van der Waals surface area contributed by atoms with Crippen LogP contribution in [0.2, 0.25) is 0 Å². The molecule has 4 rings (SSSR count). The Morgan fingerprint density at radius 3 is 2.42 bits per heavy atom. The Labute approximate surface area is 188 Å². The Balaban J connectivity index is 1.66. The zero-order chi connectivity index (χ0) is 23.4. The molecule has 1 aliphatic heterocycles. The number of nitro benzene ring substituents is 1. The molecule has 0 atom stereocenters. The highest BCUT2D eigenvalue weighted by Gasteiger charge is 2.37. The number of nitro groups is 1. The maximum Gasteiger partial charge on any atom is 0.335 e. The van der Waals surface area contributed by atoms with Crippen LogP contribution in [0.3, 0.4) is 0 Å². The monoisotopic (exact) mass is 443 g/mol. The summed E-state index contributed by atoms with van der Waals surface area (Å²) < 4.78 is 5.87. The lowest BCUT2D eigenvalue weighted by Crippen LogP contribution is -2.54. The molecule has 0 aromatic heterocycles. The summed E-state index contributed by atoms with van der Waals surface area (Å²) in [6, 6.07) is 20.4. The number of hydrogen-bond acceptors (Lipinski definition) is 6. The standard InChI is InChI=1S/C24H17N3O6/c28-22-20(13-17-9-4-5-12-21(17)33-15-16-7-2-1-3-8-16)23(29)26(24(30)25-22)18-10-6-11-19(14-18)27(31)32/h1-14H,15H2,(H,25,28,30)/b20-13+. The first-order valence-corrected chi connectivity index (χ1v) is 9.86. The SMILES string of the molecule is O=C1NC(=O)N(c2cccc([N+](=O)[O-])c2)C(=O)/C1=C/c1ccccc1OCc1ccccc1. The maximum atomic E-state index is 13.1. The van der Waals surface area contributed by atoms with Crippen LogP contribution in [-0.4, -0.2) is 22.8 Å². The summed E-state index contributed by atoms with van der Waals surface area (Å²) in [7, 11) is 0. The summed E-state index contributed by atoms with van der Waals surface area (Å²) in [6.07, 6.45) is 1.33. The second-order valence-corrected chi connectivity index (χ2v) is 7.05. The second-order valence-electron chi connectivity index (χ2n) is 7.05. The molecule has 9 heteroatoms. The molecule has 0 spiro atoms. The average molecular weight is 443 g/mol. The molecular weight excluding hydrogens is 426 g/mol. The van der Waals surface area contributed by atoms with Crippen LogP contribution in [0.4, 0.5) is 16.2 Å². The van der Waals surface area contributed by atoms with Crippen molar-refractivity contribution in [2.45, 2.75) is 6.61 Å². The number of hydrogen-bond donors (Lipinski definition) is 1. The van der Waals surface area contributed by atoms with Crippen molar-refractivity contribution in [3.05, 3.63) is 106 Å². The lowest BCUT2D eigenvalue weighted by Gasteiger charge is -2.26. The van der Waals surface area contributed by atoms with Crippen LogP contribution >= 0.6 is 0 Å². The van der Waals surface area contributed by atoms with E-state index in [0.29, 0.717) is 16.2 Å². The highest BCUT2D eigenvalue weighted by Crippen LogP contribution is 2.27. The van der Waals surface area contributed by atoms with Crippen molar-refractivity contribution in [1.29, 1.82) is 0 Å². The van der Waals surface area contributed by atoms with E-state index >= 15 is 0 Å². The molecule has 0 saturated carbocycles. The lowest BCUT2D eigenvalue weighted by atomic mass is 10.1. The zero-order valence-electron chi connectivity index (χ0n) is 17.1. The summed E-state index contributed by atoms with van der Waals surface area (Å²) >= 11 is 0. The summed E-state index contributed by atoms with van der Waals surface area (Å²) in [5.74, 6) is -1.33. The molecule has 164 valence electrons. The summed E-state index contributed by atoms with van der Waals surface area (Å²) in [6.45, 7) is 0.277. The van der Waals surface area contributed by atoms with E-state index < -0.39 is 22.8 Å². The Morgan fingerprint density at radius 1 is 0.939 bits per heavy atom. The molecule has 33 heavy (non-hydrogen) atoms. The van der Waals surface area contributed by atoms with Gasteiger partial charge in [0.2, 0.25) is 0 Å². The van der Waals surface area contributed by atoms with Gasteiger partial charge in [-0.1, -0.05) is 54.6 Å². The summed E-state index contributed by atoms with van der Waals surface area (Å²) in [5.41, 5.74) is 0.764. The largest absolute Gasteiger partial charge is 0.488 e. The molecule has 1 fully saturated rings. The maximum absolute atomic E-state index is 13.1. The number of ether oxygens (including phenoxy) is 1. The van der Waals surface area contributed by atoms with Crippen molar-refractivity contribution < 1.29 is 24.0 Å². The minimum Gasteiger partial charge on any atom is -0.488 e. The third kappa shape index (κ3) is 4.62. The number of nitrogens with zero attached hydrogens (tertiary/aromatic N) is 2. The number of carbonyl (C=O) groups excluding carboxylic acids is 3. The first kappa shape index (κ1) is 21.4. The fourth-order valence-electron chi connectivity index (χ4n) is 3.26. The topological polar surface area (TPSA) is 119 Å². The molecule has 3 aromatic carbocycles. The van der Waals surface area contributed by atoms with Gasteiger partial charge in [0, 0.05) is 17.7 Å². The first-order valence-electron chi connectivity index (χ1n) is 9.86. The number of para-hydroxylation sites is 1. The quantitative estimate of drug-likeness (QED) is 0.268. The fraction of sp³-hybridized carbons (Fsp3) is 0.0417. The van der Waals surface area contributed by atoms with E-state index in [1.165, 1.54) is 24.3 Å². The van der Waals surface area contributed by atoms with Gasteiger partial charge in [-0.3, -0.25) is 25.0 Å². The molecule has 4 amide bonds. The molecule has 1 heterocycles. The van der Waals surface area contributed by atoms with E-state index in [0.717, 1.165) is 11.6 Å². The Morgan fingerprint density at radius 2 is 1.67 bits per heavy atom. The minimum atomic E-state index is -0.990. The van der Waals surface area contributed by atoms with Crippen LogP contribution in [-0.2, 0) is 16.2 Å². The Kier molecular flexibility index (Phi) is 5.94. The molecule has 3 aromatic rings. The molecule has 9 nitrogen and oxygen atoms in total. The van der Waals surface area contributed by atoms with E-state index in [2.05, 4.69) is 5.32 Å². The number of urea groups is 1. The highest BCUT2D eigenvalue weighted by atomic mass is 16.6. The number of rotatable bonds is 6. The Hall–Kier alpha value is -4.79. The molecule has 1 saturated heterocycles. The number of barbiturate groups is 1. The second kappa shape index (κ2) is 9.15. The van der Waals surface area contributed by atoms with E-state index in [9.17, 15) is 24.5 Å². The van der Waals surface area contributed by atoms with Gasteiger partial charge in [-0.2, -0.15) is 0 Å². The van der Waals surface area contributed by atoms with Crippen molar-refractivity contribution in [3.8, 4) is 5.75 Å². The van der Waals surface area contributed by atoms with Crippen LogP contribution in [0.5, 0.6) is 5.75 Å². The molecule has 0 unspecified atom stereocenters. The molecule has 1 N–H and O–H groups in total. The van der Waals surface area contributed by atoms with Gasteiger partial charge in [0.15, 0.2) is 0 Å². The van der Waals surface area contributed by atoms with Crippen molar-refractivity contribution in [2.75, 3.05) is 4.90 Å². The van der Waals surface area contributed by atoms with Crippen LogP contribution < -0.4 is 15.0 Å². The first-order chi connectivity index (χ1) is 15.9. The summed E-state index contributed by atoms with van der Waals surface area (Å²) in [4.78, 5) is 49.1. The number of benzene rings is 3. The number of non-ortho nitro benzene ring substituents is 1. The molecule has 1 aliphatic rings. The number of nitrogens with one attached hydrogen (secondary N) is 1. The van der Waals surface area contributed by atoms with Crippen molar-refractivity contribution in [2.24, 2.45) is 0 Å². The molecule has 0 radical (unpaired) electrons. The highest BCUT2D eigenvalue weighted by molar-refractivity contribution is 6.39. The van der Waals surface area contributed by atoms with Gasteiger partial charge < -0.3 is 4.74 Å². The molecule has 0 aliphatic carbocycles. The predicted molar refractivity (Wildman–Crippen MR) is 119 cm³/mol. The Bertz CT molecular complexity index is 1290. The van der Waals surface area contributed by atoms with Gasteiger partial charge >= 0.3 is 6.03 Å². The van der Waals surface area contributed by atoms with Gasteiger partial charge in [0.1, 0.15) is 17.9 Å². The van der Waals surface area contributed by atoms with Crippen molar-refractivity contribution in [3.63, 3.8) is 0 Å². The van der Waals surface area contributed by atoms with E-state index in [4.69, 9.17) is 4.74 Å². The van der Waals surface area contributed by atoms with Crippen LogP contribution in [0, 0.1) is 10.1 Å². The van der Waals surface area contributed by atoms with Gasteiger partial charge in [-0.15, -0.1) is 0 Å². The summed E-state index contributed by atoms with van der Waals surface area (Å²) in [5, 5.41) is 13.2. The van der Waals surface area contributed by atoms with Gasteiger partial charge in [-0.05, 0) is 23.8 Å². The van der Waals surface area contributed by atoms with Crippen LogP contribution in [0.15, 0.2) is 84.4 Å². The van der Waals surface area contributed by atoms with Crippen LogP contribution in [0.1, 0.15) is 11.1 Å². The third-order valence-corrected chi connectivity index (χ3v) is 4.86. The number of anilines is 1. The lowest BCUT2D eigenvalue weighted by molar-refractivity contribution is -0.384. The minimum absolute atomic E-state index is 0.0290. The van der Waals surface area contributed by atoms with Gasteiger partial charge in [0.25, 0.3) is 17.5 Å². The smallest absolute Gasteiger partial charge is 0.335 e. The number of amides is 4. The van der Waals surface area contributed by atoms with Crippen molar-refractivity contribution >= 4 is 35.3 Å². The van der Waals surface area contributed by atoms with Crippen molar-refractivity contribution in [1.82, 2.24) is 5.32 Å². The number of imide groups is 2. The molecule has 0 bridgehead atoms. The normalized spacial score (nSPS) is 14.8. The molecular formula is C24H17N3O6. The van der Waals surface area contributed by atoms with Gasteiger partial charge in [-0.25, -0.2) is 9.69 Å². The third-order valence-electron chi connectivity index (χ3n) is 4.86. The predicted octanol–water partition coefficient (Wildman–Crippen LogP) is 3.84. The average Bonchev–Trinajstić information content (AvgIpc) is 2.82. The number of carbonyl (C=O) groups is 3. The van der Waals surface area contributed by atoms with Gasteiger partial charge in [0.05, 0.1) is 10.6 Å². The zero-order valence-corrected chi connectivity index (χ0v) is 17.1. The van der Waals surface area contributed by atoms with Crippen LogP contribution in [0.25, 0.3) is 6.08 Å². The van der Waals surface area contributed by atoms with E-state index in [1.807, 2.05) is 30.3 Å². The van der Waals surface area contributed by atoms with E-state index in [-0.39, 0.29) is 23.6 Å².